The Hall–Kier alpha value is -2.11. The minimum atomic E-state index is -0.111. The van der Waals surface area contributed by atoms with Crippen LogP contribution in [0.2, 0.25) is 0 Å². The molecule has 1 saturated heterocycles. The van der Waals surface area contributed by atoms with Crippen molar-refractivity contribution < 1.29 is 9.59 Å². The first-order valence-corrected chi connectivity index (χ1v) is 11.0. The van der Waals surface area contributed by atoms with E-state index in [0.29, 0.717) is 23.2 Å². The molecule has 0 unspecified atom stereocenters. The molecule has 0 atom stereocenters. The molecule has 3 N–H and O–H groups in total. The second-order valence-electron chi connectivity index (χ2n) is 8.70. The van der Waals surface area contributed by atoms with Gasteiger partial charge in [0.05, 0.1) is 5.56 Å². The van der Waals surface area contributed by atoms with E-state index in [2.05, 4.69) is 10.3 Å². The lowest BCUT2D eigenvalue weighted by Crippen LogP contribution is -2.41. The molecule has 0 bridgehead atoms. The second kappa shape index (κ2) is 8.50. The number of amides is 2. The van der Waals surface area contributed by atoms with Crippen LogP contribution in [0, 0.1) is 5.92 Å². The average molecular weight is 385 g/mol. The summed E-state index contributed by atoms with van der Waals surface area (Å²) in [7, 11) is 0. The maximum absolute atomic E-state index is 12.6. The number of carbonyl (C=O) groups excluding carboxylic acids is 2. The van der Waals surface area contributed by atoms with E-state index in [1.807, 2.05) is 17.0 Å². The summed E-state index contributed by atoms with van der Waals surface area (Å²) in [5.41, 5.74) is 7.55. The minimum Gasteiger partial charge on any atom is -0.383 e. The molecule has 4 rings (SSSR count). The predicted octanol–water partition coefficient (Wildman–Crippen LogP) is 3.23. The molecule has 1 aliphatic heterocycles. The van der Waals surface area contributed by atoms with Crippen molar-refractivity contribution in [1.82, 2.24) is 15.2 Å². The zero-order chi connectivity index (χ0) is 19.5. The van der Waals surface area contributed by atoms with Crippen LogP contribution in [0.4, 0.5) is 5.82 Å². The molecule has 0 aromatic carbocycles. The summed E-state index contributed by atoms with van der Waals surface area (Å²) >= 11 is 0. The molecule has 28 heavy (non-hydrogen) atoms. The standard InChI is InChI=1S/C22H32N4O2/c23-20-18(21(27)24-17-7-3-4-8-17)9-10-19(25-20)15-11-13-26(14-12-15)22(28)16-5-1-2-6-16/h9-10,15-17H,1-8,11-14H2,(H2,23,25)(H,24,27). The number of nitrogen functional groups attached to an aromatic ring is 1. The number of likely N-dealkylation sites (tertiary alicyclic amines) is 1. The SMILES string of the molecule is Nc1nc(C2CCN(C(=O)C3CCCC3)CC2)ccc1C(=O)NC1CCCC1. The van der Waals surface area contributed by atoms with E-state index in [1.165, 1.54) is 25.7 Å². The fraction of sp³-hybridized carbons (Fsp3) is 0.682. The normalized spacial score (nSPS) is 21.9. The van der Waals surface area contributed by atoms with Crippen LogP contribution in [0.15, 0.2) is 12.1 Å². The lowest BCUT2D eigenvalue weighted by Gasteiger charge is -2.33. The van der Waals surface area contributed by atoms with Crippen molar-refractivity contribution in [3.05, 3.63) is 23.4 Å². The molecule has 152 valence electrons. The summed E-state index contributed by atoms with van der Waals surface area (Å²) in [4.78, 5) is 31.7. The van der Waals surface area contributed by atoms with Crippen LogP contribution in [0.3, 0.4) is 0 Å². The highest BCUT2D eigenvalue weighted by molar-refractivity contribution is 5.98. The van der Waals surface area contributed by atoms with Crippen LogP contribution in [-0.2, 0) is 4.79 Å². The minimum absolute atomic E-state index is 0.111. The number of anilines is 1. The molecular formula is C22H32N4O2. The third-order valence-electron chi connectivity index (χ3n) is 6.81. The number of carbonyl (C=O) groups is 2. The van der Waals surface area contributed by atoms with Gasteiger partial charge >= 0.3 is 0 Å². The largest absolute Gasteiger partial charge is 0.383 e. The van der Waals surface area contributed by atoms with Crippen molar-refractivity contribution >= 4 is 17.6 Å². The average Bonchev–Trinajstić information content (AvgIpc) is 3.41. The molecule has 6 nitrogen and oxygen atoms in total. The van der Waals surface area contributed by atoms with Gasteiger partial charge < -0.3 is 16.0 Å². The quantitative estimate of drug-likeness (QED) is 0.834. The third kappa shape index (κ3) is 4.15. The summed E-state index contributed by atoms with van der Waals surface area (Å²) in [6.45, 7) is 1.59. The summed E-state index contributed by atoms with van der Waals surface area (Å²) in [6.07, 6.45) is 10.8. The Morgan fingerprint density at radius 2 is 1.61 bits per heavy atom. The second-order valence-corrected chi connectivity index (χ2v) is 8.70. The zero-order valence-electron chi connectivity index (χ0n) is 16.7. The predicted molar refractivity (Wildman–Crippen MR) is 109 cm³/mol. The summed E-state index contributed by atoms with van der Waals surface area (Å²) in [5.74, 6) is 1.12. The fourth-order valence-electron chi connectivity index (χ4n) is 5.07. The number of nitrogens with two attached hydrogens (primary N) is 1. The van der Waals surface area contributed by atoms with Gasteiger partial charge in [-0.1, -0.05) is 25.7 Å². The van der Waals surface area contributed by atoms with E-state index in [4.69, 9.17) is 5.73 Å². The van der Waals surface area contributed by atoms with Gasteiger partial charge in [-0.15, -0.1) is 0 Å². The van der Waals surface area contributed by atoms with Crippen LogP contribution in [-0.4, -0.2) is 40.8 Å². The molecule has 0 spiro atoms. The van der Waals surface area contributed by atoms with E-state index in [1.54, 1.807) is 0 Å². The zero-order valence-corrected chi connectivity index (χ0v) is 16.7. The van der Waals surface area contributed by atoms with Gasteiger partial charge in [-0.2, -0.15) is 0 Å². The van der Waals surface area contributed by atoms with E-state index < -0.39 is 0 Å². The first-order chi connectivity index (χ1) is 13.6. The summed E-state index contributed by atoms with van der Waals surface area (Å²) < 4.78 is 0. The van der Waals surface area contributed by atoms with Crippen LogP contribution in [0.5, 0.6) is 0 Å². The number of pyridine rings is 1. The number of aromatic nitrogens is 1. The van der Waals surface area contributed by atoms with Crippen molar-refractivity contribution in [2.45, 2.75) is 76.2 Å². The lowest BCUT2D eigenvalue weighted by atomic mass is 9.91. The van der Waals surface area contributed by atoms with Crippen LogP contribution in [0.1, 0.15) is 86.2 Å². The Morgan fingerprint density at radius 1 is 0.964 bits per heavy atom. The lowest BCUT2D eigenvalue weighted by molar-refractivity contribution is -0.136. The van der Waals surface area contributed by atoms with Gasteiger partial charge in [-0.05, 0) is 50.7 Å². The number of piperidine rings is 1. The first-order valence-electron chi connectivity index (χ1n) is 11.0. The number of rotatable bonds is 4. The number of nitrogens with zero attached hydrogens (tertiary/aromatic N) is 2. The van der Waals surface area contributed by atoms with E-state index in [9.17, 15) is 9.59 Å². The molecule has 2 saturated carbocycles. The van der Waals surface area contributed by atoms with Crippen molar-refractivity contribution in [3.8, 4) is 0 Å². The molecule has 2 heterocycles. The molecule has 3 aliphatic rings. The van der Waals surface area contributed by atoms with Crippen molar-refractivity contribution in [1.29, 1.82) is 0 Å². The molecule has 3 fully saturated rings. The van der Waals surface area contributed by atoms with Crippen molar-refractivity contribution in [3.63, 3.8) is 0 Å². The molecule has 2 amide bonds. The topological polar surface area (TPSA) is 88.3 Å². The van der Waals surface area contributed by atoms with Gasteiger partial charge in [0, 0.05) is 36.7 Å². The highest BCUT2D eigenvalue weighted by atomic mass is 16.2. The first kappa shape index (κ1) is 19.2. The number of nitrogens with one attached hydrogen (secondary N) is 1. The number of hydrogen-bond acceptors (Lipinski definition) is 4. The Kier molecular flexibility index (Phi) is 5.83. The number of hydrogen-bond donors (Lipinski definition) is 2. The highest BCUT2D eigenvalue weighted by Gasteiger charge is 2.31. The molecule has 6 heteroatoms. The van der Waals surface area contributed by atoms with E-state index in [-0.39, 0.29) is 17.9 Å². The molecular weight excluding hydrogens is 352 g/mol. The Labute approximate surface area is 167 Å². The Balaban J connectivity index is 1.34. The molecule has 1 aromatic rings. The van der Waals surface area contributed by atoms with Gasteiger partial charge in [0.25, 0.3) is 5.91 Å². The van der Waals surface area contributed by atoms with Crippen molar-refractivity contribution in [2.75, 3.05) is 18.8 Å². The van der Waals surface area contributed by atoms with Gasteiger partial charge in [0.2, 0.25) is 5.91 Å². The maximum Gasteiger partial charge on any atom is 0.255 e. The van der Waals surface area contributed by atoms with Crippen LogP contribution >= 0.6 is 0 Å². The van der Waals surface area contributed by atoms with E-state index in [0.717, 1.165) is 57.3 Å². The smallest absolute Gasteiger partial charge is 0.255 e. The summed E-state index contributed by atoms with van der Waals surface area (Å²) in [6, 6.07) is 4.03. The molecule has 2 aliphatic carbocycles. The van der Waals surface area contributed by atoms with Crippen LogP contribution < -0.4 is 11.1 Å². The highest BCUT2D eigenvalue weighted by Crippen LogP contribution is 2.32. The van der Waals surface area contributed by atoms with Gasteiger partial charge in [-0.25, -0.2) is 4.98 Å². The Bertz CT molecular complexity index is 715. The molecule has 0 radical (unpaired) electrons. The van der Waals surface area contributed by atoms with Crippen molar-refractivity contribution in [2.24, 2.45) is 5.92 Å². The monoisotopic (exact) mass is 384 g/mol. The third-order valence-corrected chi connectivity index (χ3v) is 6.81. The van der Waals surface area contributed by atoms with Crippen LogP contribution in [0.25, 0.3) is 0 Å². The van der Waals surface area contributed by atoms with Gasteiger partial charge in [-0.3, -0.25) is 9.59 Å². The maximum atomic E-state index is 12.6. The fourth-order valence-corrected chi connectivity index (χ4v) is 5.07. The van der Waals surface area contributed by atoms with Gasteiger partial charge in [0.1, 0.15) is 5.82 Å². The molecule has 1 aromatic heterocycles. The van der Waals surface area contributed by atoms with E-state index >= 15 is 0 Å². The summed E-state index contributed by atoms with van der Waals surface area (Å²) in [5, 5.41) is 3.08. The van der Waals surface area contributed by atoms with Gasteiger partial charge in [0.15, 0.2) is 0 Å². The Morgan fingerprint density at radius 3 is 2.25 bits per heavy atom.